The van der Waals surface area contributed by atoms with E-state index < -0.39 is 0 Å². The van der Waals surface area contributed by atoms with Crippen molar-refractivity contribution in [2.75, 3.05) is 0 Å². The molecule has 2 nitrogen and oxygen atoms in total. The van der Waals surface area contributed by atoms with Gasteiger partial charge in [0.15, 0.2) is 0 Å². The number of rotatable bonds is 2. The van der Waals surface area contributed by atoms with Gasteiger partial charge in [-0.05, 0) is 13.1 Å². The molecule has 0 aliphatic rings. The van der Waals surface area contributed by atoms with Gasteiger partial charge in [-0.2, -0.15) is 0 Å². The van der Waals surface area contributed by atoms with Gasteiger partial charge in [-0.25, -0.2) is 0 Å². The van der Waals surface area contributed by atoms with Crippen LogP contribution in [-0.4, -0.2) is 17.4 Å². The zero-order valence-corrected chi connectivity index (χ0v) is 3.81. The van der Waals surface area contributed by atoms with Gasteiger partial charge >= 0.3 is 0 Å². The van der Waals surface area contributed by atoms with E-state index in [1.165, 1.54) is 6.21 Å². The van der Waals surface area contributed by atoms with Gasteiger partial charge in [0.2, 0.25) is 0 Å². The third kappa shape index (κ3) is 3.63. The standard InChI is InChI=1S/C4H9NO/c1-4(6)2-3-5/h3-6H,2H2,1H3/t4-/m1/s1. The summed E-state index contributed by atoms with van der Waals surface area (Å²) in [5.41, 5.74) is 0. The molecule has 0 aromatic heterocycles. The maximum absolute atomic E-state index is 8.40. The molecule has 2 N–H and O–H groups in total. The Kier molecular flexibility index (Phi) is 2.67. The zero-order chi connectivity index (χ0) is 4.99. The number of aliphatic hydroxyl groups is 1. The van der Waals surface area contributed by atoms with E-state index >= 15 is 0 Å². The summed E-state index contributed by atoms with van der Waals surface area (Å²) in [5.74, 6) is 0. The van der Waals surface area contributed by atoms with Crippen LogP contribution < -0.4 is 0 Å². The van der Waals surface area contributed by atoms with Crippen molar-refractivity contribution in [3.05, 3.63) is 0 Å². The van der Waals surface area contributed by atoms with Gasteiger partial charge in [0, 0.05) is 6.42 Å². The Morgan fingerprint density at radius 2 is 2.50 bits per heavy atom. The van der Waals surface area contributed by atoms with Crippen LogP contribution in [0.25, 0.3) is 0 Å². The average Bonchev–Trinajstić information content (AvgIpc) is 1.35. The minimum absolute atomic E-state index is 0.345. The van der Waals surface area contributed by atoms with Gasteiger partial charge in [0.25, 0.3) is 0 Å². The quantitative estimate of drug-likeness (QED) is 0.470. The Labute approximate surface area is 37.3 Å². The van der Waals surface area contributed by atoms with E-state index in [-0.39, 0.29) is 6.10 Å². The highest BCUT2D eigenvalue weighted by molar-refractivity contribution is 5.53. The van der Waals surface area contributed by atoms with Gasteiger partial charge in [0.05, 0.1) is 6.10 Å². The highest BCUT2D eigenvalue weighted by Crippen LogP contribution is 1.80. The third-order valence-electron chi connectivity index (χ3n) is 0.459. The summed E-state index contributed by atoms with van der Waals surface area (Å²) in [5, 5.41) is 14.8. The maximum Gasteiger partial charge on any atom is 0.0561 e. The molecule has 6 heavy (non-hydrogen) atoms. The first-order chi connectivity index (χ1) is 2.77. The molecule has 0 amide bonds. The molecule has 0 saturated heterocycles. The lowest BCUT2D eigenvalue weighted by atomic mass is 10.3. The molecule has 1 atom stereocenters. The van der Waals surface area contributed by atoms with Gasteiger partial charge in [-0.3, -0.25) is 0 Å². The number of nitrogens with one attached hydrogen (secondary N) is 1. The predicted octanol–water partition coefficient (Wildman–Crippen LogP) is 0.407. The van der Waals surface area contributed by atoms with Crippen LogP contribution in [-0.2, 0) is 0 Å². The summed E-state index contributed by atoms with van der Waals surface area (Å²) in [6.45, 7) is 1.66. The van der Waals surface area contributed by atoms with Crippen molar-refractivity contribution < 1.29 is 5.11 Å². The Bertz CT molecular complexity index is 42.8. The molecule has 0 aromatic rings. The number of hydrogen-bond donors (Lipinski definition) is 2. The summed E-state index contributed by atoms with van der Waals surface area (Å²) >= 11 is 0. The molecule has 0 saturated carbocycles. The molecule has 0 aliphatic heterocycles. The summed E-state index contributed by atoms with van der Waals surface area (Å²) in [6.07, 6.45) is 1.33. The van der Waals surface area contributed by atoms with Gasteiger partial charge in [-0.15, -0.1) is 0 Å². The van der Waals surface area contributed by atoms with E-state index in [0.717, 1.165) is 0 Å². The lowest BCUT2D eigenvalue weighted by Crippen LogP contribution is -1.97. The Hall–Kier alpha value is -0.370. The van der Waals surface area contributed by atoms with Crippen LogP contribution >= 0.6 is 0 Å². The highest BCUT2D eigenvalue weighted by atomic mass is 16.3. The molecule has 0 heterocycles. The van der Waals surface area contributed by atoms with E-state index in [0.29, 0.717) is 6.42 Å². The molecule has 0 fully saturated rings. The van der Waals surface area contributed by atoms with Crippen molar-refractivity contribution in [2.24, 2.45) is 0 Å². The molecule has 0 radical (unpaired) electrons. The van der Waals surface area contributed by atoms with Gasteiger partial charge < -0.3 is 10.5 Å². The van der Waals surface area contributed by atoms with Crippen LogP contribution in [0.1, 0.15) is 13.3 Å². The smallest absolute Gasteiger partial charge is 0.0561 e. The molecule has 0 aliphatic carbocycles. The minimum Gasteiger partial charge on any atom is -0.393 e. The predicted molar refractivity (Wildman–Crippen MR) is 25.1 cm³/mol. The van der Waals surface area contributed by atoms with Crippen molar-refractivity contribution in [1.29, 1.82) is 5.41 Å². The van der Waals surface area contributed by atoms with E-state index in [1.807, 2.05) is 0 Å². The van der Waals surface area contributed by atoms with Crippen molar-refractivity contribution in [3.63, 3.8) is 0 Å². The molecule has 36 valence electrons. The first kappa shape index (κ1) is 5.63. The molecule has 2 heteroatoms. The average molecular weight is 87.1 g/mol. The molecular formula is C4H9NO. The Morgan fingerprint density at radius 1 is 2.00 bits per heavy atom. The van der Waals surface area contributed by atoms with E-state index in [9.17, 15) is 0 Å². The van der Waals surface area contributed by atoms with Crippen molar-refractivity contribution in [2.45, 2.75) is 19.4 Å². The van der Waals surface area contributed by atoms with Crippen LogP contribution in [0.15, 0.2) is 0 Å². The Morgan fingerprint density at radius 3 is 2.50 bits per heavy atom. The van der Waals surface area contributed by atoms with Crippen LogP contribution in [0.3, 0.4) is 0 Å². The molecule has 0 spiro atoms. The van der Waals surface area contributed by atoms with Gasteiger partial charge in [-0.1, -0.05) is 0 Å². The lowest BCUT2D eigenvalue weighted by Gasteiger charge is -1.91. The normalized spacial score (nSPS) is 13.7. The van der Waals surface area contributed by atoms with Crippen LogP contribution in [0.2, 0.25) is 0 Å². The van der Waals surface area contributed by atoms with Crippen LogP contribution in [0, 0.1) is 5.41 Å². The molecule has 0 aromatic carbocycles. The van der Waals surface area contributed by atoms with E-state index in [1.54, 1.807) is 6.92 Å². The zero-order valence-electron chi connectivity index (χ0n) is 3.81. The first-order valence-corrected chi connectivity index (χ1v) is 1.94. The summed E-state index contributed by atoms with van der Waals surface area (Å²) in [4.78, 5) is 0. The minimum atomic E-state index is -0.345. The van der Waals surface area contributed by atoms with Crippen molar-refractivity contribution in [1.82, 2.24) is 0 Å². The molecular weight excluding hydrogens is 78.0 g/mol. The molecule has 0 rings (SSSR count). The van der Waals surface area contributed by atoms with Crippen LogP contribution in [0.4, 0.5) is 0 Å². The van der Waals surface area contributed by atoms with Crippen molar-refractivity contribution in [3.8, 4) is 0 Å². The number of hydrogen-bond acceptors (Lipinski definition) is 2. The fraction of sp³-hybridized carbons (Fsp3) is 0.750. The van der Waals surface area contributed by atoms with E-state index in [4.69, 9.17) is 10.5 Å². The summed E-state index contributed by atoms with van der Waals surface area (Å²) in [6, 6.07) is 0. The fourth-order valence-electron chi connectivity index (χ4n) is 0.171. The largest absolute Gasteiger partial charge is 0.393 e. The Balaban J connectivity index is 2.81. The maximum atomic E-state index is 8.40. The van der Waals surface area contributed by atoms with E-state index in [2.05, 4.69) is 0 Å². The summed E-state index contributed by atoms with van der Waals surface area (Å²) < 4.78 is 0. The second-order valence-corrected chi connectivity index (χ2v) is 1.29. The molecule has 0 unspecified atom stereocenters. The van der Waals surface area contributed by atoms with Crippen molar-refractivity contribution >= 4 is 6.21 Å². The highest BCUT2D eigenvalue weighted by Gasteiger charge is 1.85. The number of aliphatic hydroxyl groups excluding tert-OH is 1. The molecule has 0 bridgehead atoms. The third-order valence-corrected chi connectivity index (χ3v) is 0.459. The SMILES string of the molecule is C[C@@H](O)CC=N. The fourth-order valence-corrected chi connectivity index (χ4v) is 0.171. The lowest BCUT2D eigenvalue weighted by molar-refractivity contribution is 0.204. The van der Waals surface area contributed by atoms with Gasteiger partial charge in [0.1, 0.15) is 0 Å². The van der Waals surface area contributed by atoms with Crippen LogP contribution in [0.5, 0.6) is 0 Å². The second kappa shape index (κ2) is 2.85. The monoisotopic (exact) mass is 87.1 g/mol. The summed E-state index contributed by atoms with van der Waals surface area (Å²) in [7, 11) is 0. The second-order valence-electron chi connectivity index (χ2n) is 1.29. The topological polar surface area (TPSA) is 44.1 Å². The first-order valence-electron chi connectivity index (χ1n) is 1.94.